The number of benzene rings is 1. The van der Waals surface area contributed by atoms with Crippen LogP contribution in [0.15, 0.2) is 45.7 Å². The lowest BCUT2D eigenvalue weighted by Crippen LogP contribution is -2.12. The van der Waals surface area contributed by atoms with Crippen LogP contribution >= 0.6 is 15.9 Å². The molecule has 4 heteroatoms. The lowest BCUT2D eigenvalue weighted by molar-refractivity contribution is 0.561. The summed E-state index contributed by atoms with van der Waals surface area (Å²) >= 11 is 3.18. The van der Waals surface area contributed by atoms with Gasteiger partial charge in [0.05, 0.1) is 23.0 Å². The molecule has 1 aromatic carbocycles. The molecule has 0 aliphatic carbocycles. The monoisotopic (exact) mass is 269 g/mol. The summed E-state index contributed by atoms with van der Waals surface area (Å²) in [5, 5.41) is 0. The molecule has 0 aliphatic heterocycles. The van der Waals surface area contributed by atoms with Gasteiger partial charge in [-0.3, -0.25) is 0 Å². The SMILES string of the molecule is NC(c1ccoc1)c1cccc(F)c1Br. The van der Waals surface area contributed by atoms with Crippen molar-refractivity contribution in [3.63, 3.8) is 0 Å². The second-order valence-electron chi connectivity index (χ2n) is 3.18. The molecule has 2 nitrogen and oxygen atoms in total. The van der Waals surface area contributed by atoms with E-state index >= 15 is 0 Å². The molecule has 0 bridgehead atoms. The van der Waals surface area contributed by atoms with Gasteiger partial charge in [0.2, 0.25) is 0 Å². The summed E-state index contributed by atoms with van der Waals surface area (Å²) in [5.41, 5.74) is 7.50. The summed E-state index contributed by atoms with van der Waals surface area (Å²) in [5.74, 6) is -0.313. The van der Waals surface area contributed by atoms with Gasteiger partial charge in [0, 0.05) is 5.56 Å². The van der Waals surface area contributed by atoms with Crippen molar-refractivity contribution in [3.8, 4) is 0 Å². The topological polar surface area (TPSA) is 39.2 Å². The Morgan fingerprint density at radius 2 is 2.13 bits per heavy atom. The Morgan fingerprint density at radius 1 is 1.33 bits per heavy atom. The van der Waals surface area contributed by atoms with Gasteiger partial charge in [-0.15, -0.1) is 0 Å². The van der Waals surface area contributed by atoms with Crippen LogP contribution in [0.2, 0.25) is 0 Å². The third-order valence-electron chi connectivity index (χ3n) is 2.22. The predicted octanol–water partition coefficient (Wildman–Crippen LogP) is 3.23. The largest absolute Gasteiger partial charge is 0.472 e. The van der Waals surface area contributed by atoms with Crippen molar-refractivity contribution in [1.29, 1.82) is 0 Å². The van der Waals surface area contributed by atoms with Crippen LogP contribution in [0.5, 0.6) is 0 Å². The third-order valence-corrected chi connectivity index (χ3v) is 3.06. The van der Waals surface area contributed by atoms with Gasteiger partial charge in [0.1, 0.15) is 5.82 Å². The van der Waals surface area contributed by atoms with Crippen molar-refractivity contribution in [2.24, 2.45) is 5.73 Å². The standard InChI is InChI=1S/C11H9BrFNO/c12-10-8(2-1-3-9(10)13)11(14)7-4-5-15-6-7/h1-6,11H,14H2. The summed E-state index contributed by atoms with van der Waals surface area (Å²) in [6.07, 6.45) is 3.10. The number of halogens is 2. The molecule has 1 heterocycles. The van der Waals surface area contributed by atoms with Gasteiger partial charge < -0.3 is 10.2 Å². The first-order valence-corrected chi connectivity index (χ1v) is 5.21. The molecule has 15 heavy (non-hydrogen) atoms. The van der Waals surface area contributed by atoms with E-state index in [2.05, 4.69) is 15.9 Å². The van der Waals surface area contributed by atoms with Crippen molar-refractivity contribution in [1.82, 2.24) is 0 Å². The highest BCUT2D eigenvalue weighted by Crippen LogP contribution is 2.28. The molecule has 0 fully saturated rings. The number of rotatable bonds is 2. The molecule has 78 valence electrons. The normalized spacial score (nSPS) is 12.7. The Kier molecular flexibility index (Phi) is 2.88. The Labute approximate surface area is 95.0 Å². The Hall–Kier alpha value is -1.13. The van der Waals surface area contributed by atoms with Crippen LogP contribution in [0.3, 0.4) is 0 Å². The highest BCUT2D eigenvalue weighted by atomic mass is 79.9. The average molecular weight is 270 g/mol. The maximum absolute atomic E-state index is 13.3. The summed E-state index contributed by atoms with van der Waals surface area (Å²) in [7, 11) is 0. The fourth-order valence-corrected chi connectivity index (χ4v) is 1.90. The third kappa shape index (κ3) is 1.96. The Morgan fingerprint density at radius 3 is 2.80 bits per heavy atom. The molecule has 2 N–H and O–H groups in total. The van der Waals surface area contributed by atoms with Crippen molar-refractivity contribution in [3.05, 3.63) is 58.2 Å². The molecule has 0 saturated carbocycles. The molecule has 2 aromatic rings. The van der Waals surface area contributed by atoms with Gasteiger partial charge in [-0.25, -0.2) is 4.39 Å². The second kappa shape index (κ2) is 4.16. The molecule has 0 spiro atoms. The first kappa shape index (κ1) is 10.4. The van der Waals surface area contributed by atoms with E-state index in [0.29, 0.717) is 10.0 Å². The molecule has 0 aliphatic rings. The second-order valence-corrected chi connectivity index (χ2v) is 3.97. The fourth-order valence-electron chi connectivity index (χ4n) is 1.39. The maximum Gasteiger partial charge on any atom is 0.137 e. The van der Waals surface area contributed by atoms with Crippen LogP contribution < -0.4 is 5.73 Å². The van der Waals surface area contributed by atoms with E-state index < -0.39 is 0 Å². The van der Waals surface area contributed by atoms with Gasteiger partial charge in [0.25, 0.3) is 0 Å². The van der Waals surface area contributed by atoms with Gasteiger partial charge in [-0.1, -0.05) is 12.1 Å². The minimum absolute atomic E-state index is 0.313. The predicted molar refractivity (Wildman–Crippen MR) is 58.8 cm³/mol. The molecule has 1 atom stereocenters. The van der Waals surface area contributed by atoms with E-state index in [9.17, 15) is 4.39 Å². The molecule has 2 rings (SSSR count). The molecular weight excluding hydrogens is 261 g/mol. The summed E-state index contributed by atoms with van der Waals surface area (Å²) in [6.45, 7) is 0. The summed E-state index contributed by atoms with van der Waals surface area (Å²) < 4.78 is 18.6. The minimum atomic E-state index is -0.381. The van der Waals surface area contributed by atoms with Gasteiger partial charge >= 0.3 is 0 Å². The Bertz CT molecular complexity index is 456. The van der Waals surface area contributed by atoms with E-state index in [0.717, 1.165) is 5.56 Å². The van der Waals surface area contributed by atoms with Gasteiger partial charge in [-0.2, -0.15) is 0 Å². The Balaban J connectivity index is 2.42. The number of furan rings is 1. The first-order valence-electron chi connectivity index (χ1n) is 4.41. The molecule has 0 saturated heterocycles. The molecule has 1 aromatic heterocycles. The molecule has 0 radical (unpaired) electrons. The van der Waals surface area contributed by atoms with Crippen LogP contribution in [0, 0.1) is 5.82 Å². The number of hydrogen-bond acceptors (Lipinski definition) is 2. The first-order chi connectivity index (χ1) is 7.20. The van der Waals surface area contributed by atoms with Crippen molar-refractivity contribution >= 4 is 15.9 Å². The zero-order valence-electron chi connectivity index (χ0n) is 7.78. The van der Waals surface area contributed by atoms with Crippen LogP contribution in [-0.2, 0) is 0 Å². The van der Waals surface area contributed by atoms with E-state index in [4.69, 9.17) is 10.2 Å². The van der Waals surface area contributed by atoms with Crippen LogP contribution in [0.1, 0.15) is 17.2 Å². The number of hydrogen-bond donors (Lipinski definition) is 1. The zero-order chi connectivity index (χ0) is 10.8. The smallest absolute Gasteiger partial charge is 0.137 e. The number of nitrogens with two attached hydrogens (primary N) is 1. The lowest BCUT2D eigenvalue weighted by Gasteiger charge is -2.12. The van der Waals surface area contributed by atoms with Crippen LogP contribution in [0.25, 0.3) is 0 Å². The maximum atomic E-state index is 13.3. The highest BCUT2D eigenvalue weighted by Gasteiger charge is 2.15. The fraction of sp³-hybridized carbons (Fsp3) is 0.0909. The summed E-state index contributed by atoms with van der Waals surface area (Å²) in [4.78, 5) is 0. The van der Waals surface area contributed by atoms with Crippen molar-refractivity contribution in [2.45, 2.75) is 6.04 Å². The zero-order valence-corrected chi connectivity index (χ0v) is 9.37. The highest BCUT2D eigenvalue weighted by molar-refractivity contribution is 9.10. The van der Waals surface area contributed by atoms with E-state index in [-0.39, 0.29) is 11.9 Å². The summed E-state index contributed by atoms with van der Waals surface area (Å²) in [6, 6.07) is 6.19. The minimum Gasteiger partial charge on any atom is -0.472 e. The quantitative estimate of drug-likeness (QED) is 0.909. The molecule has 1 unspecified atom stereocenters. The average Bonchev–Trinajstić information content (AvgIpc) is 2.74. The van der Waals surface area contributed by atoms with E-state index in [1.54, 1.807) is 30.7 Å². The van der Waals surface area contributed by atoms with Crippen molar-refractivity contribution in [2.75, 3.05) is 0 Å². The van der Waals surface area contributed by atoms with Gasteiger partial charge in [0.15, 0.2) is 0 Å². The van der Waals surface area contributed by atoms with Crippen LogP contribution in [0.4, 0.5) is 4.39 Å². The van der Waals surface area contributed by atoms with Crippen molar-refractivity contribution < 1.29 is 8.81 Å². The van der Waals surface area contributed by atoms with Crippen LogP contribution in [-0.4, -0.2) is 0 Å². The van der Waals surface area contributed by atoms with Gasteiger partial charge in [-0.05, 0) is 33.6 Å². The van der Waals surface area contributed by atoms with E-state index in [1.165, 1.54) is 6.07 Å². The molecular formula is C11H9BrFNO. The molecule has 0 amide bonds. The van der Waals surface area contributed by atoms with E-state index in [1.807, 2.05) is 0 Å². The lowest BCUT2D eigenvalue weighted by atomic mass is 10.0.